The van der Waals surface area contributed by atoms with Crippen molar-refractivity contribution in [2.45, 2.75) is 0 Å². The van der Waals surface area contributed by atoms with Gasteiger partial charge in [-0.05, 0) is 46.3 Å². The monoisotopic (exact) mass is 339 g/mol. The molecule has 0 spiro atoms. The summed E-state index contributed by atoms with van der Waals surface area (Å²) < 4.78 is 2.75. The van der Waals surface area contributed by atoms with Gasteiger partial charge < -0.3 is 5.73 Å². The molecule has 0 bridgehead atoms. The highest BCUT2D eigenvalue weighted by atomic mass is 79.9. The molecule has 0 aliphatic carbocycles. The molecule has 3 aromatic rings. The van der Waals surface area contributed by atoms with E-state index in [0.717, 1.165) is 21.4 Å². The fourth-order valence-corrected chi connectivity index (χ4v) is 2.65. The molecule has 0 atom stereocenters. The summed E-state index contributed by atoms with van der Waals surface area (Å²) in [6.45, 7) is 0. The number of rotatable bonds is 2. The lowest BCUT2D eigenvalue weighted by Crippen LogP contribution is -1.98. The molecule has 3 rings (SSSR count). The van der Waals surface area contributed by atoms with Gasteiger partial charge >= 0.3 is 0 Å². The highest BCUT2D eigenvalue weighted by molar-refractivity contribution is 9.10. The van der Waals surface area contributed by atoms with Gasteiger partial charge in [0.05, 0.1) is 35.5 Å². The summed E-state index contributed by atoms with van der Waals surface area (Å²) in [5.41, 5.74) is 9.06. The van der Waals surface area contributed by atoms with Crippen molar-refractivity contribution >= 4 is 21.7 Å². The van der Waals surface area contributed by atoms with Crippen molar-refractivity contribution in [2.75, 3.05) is 5.73 Å². The maximum Gasteiger partial charge on any atom is 0.123 e. The van der Waals surface area contributed by atoms with Crippen LogP contribution in [0.4, 0.5) is 5.82 Å². The van der Waals surface area contributed by atoms with E-state index in [0.29, 0.717) is 11.4 Å². The second-order valence-electron chi connectivity index (χ2n) is 4.40. The van der Waals surface area contributed by atoms with Gasteiger partial charge in [0.1, 0.15) is 5.82 Å². The fourth-order valence-electron chi connectivity index (χ4n) is 2.08. The lowest BCUT2D eigenvalue weighted by Gasteiger charge is -2.10. The standard InChI is InChI=1S/C15H10BrN5/c16-12-5-10(7-17)1-2-13(12)21-9-19-8-14(21)11-3-4-20-15(18)6-11/h1-6,8-9H,(H2,18,20). The van der Waals surface area contributed by atoms with Gasteiger partial charge in [-0.1, -0.05) is 0 Å². The number of nitrogen functional groups attached to an aromatic ring is 1. The van der Waals surface area contributed by atoms with Gasteiger partial charge in [-0.2, -0.15) is 5.26 Å². The van der Waals surface area contributed by atoms with Crippen molar-refractivity contribution in [2.24, 2.45) is 0 Å². The van der Waals surface area contributed by atoms with E-state index < -0.39 is 0 Å². The van der Waals surface area contributed by atoms with Crippen molar-refractivity contribution in [3.05, 3.63) is 59.1 Å². The summed E-state index contributed by atoms with van der Waals surface area (Å²) in [5, 5.41) is 8.94. The predicted octanol–water partition coefficient (Wildman–Crippen LogP) is 3.15. The van der Waals surface area contributed by atoms with Gasteiger partial charge in [-0.15, -0.1) is 0 Å². The Kier molecular flexibility index (Phi) is 3.42. The Hall–Kier alpha value is -2.65. The Morgan fingerprint density at radius 3 is 2.81 bits per heavy atom. The average molecular weight is 340 g/mol. The van der Waals surface area contributed by atoms with Crippen molar-refractivity contribution in [1.82, 2.24) is 14.5 Å². The second kappa shape index (κ2) is 5.38. The number of nitrogens with two attached hydrogens (primary N) is 1. The Balaban J connectivity index is 2.14. The molecule has 102 valence electrons. The van der Waals surface area contributed by atoms with Crippen LogP contribution in [0.2, 0.25) is 0 Å². The van der Waals surface area contributed by atoms with E-state index in [4.69, 9.17) is 11.0 Å². The fraction of sp³-hybridized carbons (Fsp3) is 0. The first kappa shape index (κ1) is 13.3. The van der Waals surface area contributed by atoms with E-state index in [1.54, 1.807) is 36.9 Å². The lowest BCUT2D eigenvalue weighted by atomic mass is 10.2. The Bertz CT molecular complexity index is 847. The third kappa shape index (κ3) is 2.51. The smallest absolute Gasteiger partial charge is 0.123 e. The number of pyridine rings is 1. The lowest BCUT2D eigenvalue weighted by molar-refractivity contribution is 1.05. The molecule has 6 heteroatoms. The quantitative estimate of drug-likeness (QED) is 0.777. The van der Waals surface area contributed by atoms with Crippen LogP contribution in [0.5, 0.6) is 0 Å². The van der Waals surface area contributed by atoms with E-state index >= 15 is 0 Å². The topological polar surface area (TPSA) is 80.5 Å². The molecule has 2 heterocycles. The maximum atomic E-state index is 8.94. The van der Waals surface area contributed by atoms with Crippen LogP contribution in [-0.4, -0.2) is 14.5 Å². The molecular weight excluding hydrogens is 330 g/mol. The summed E-state index contributed by atoms with van der Waals surface area (Å²) in [4.78, 5) is 8.20. The number of benzene rings is 1. The highest BCUT2D eigenvalue weighted by Crippen LogP contribution is 2.28. The number of hydrogen-bond donors (Lipinski definition) is 1. The second-order valence-corrected chi connectivity index (χ2v) is 5.25. The first-order valence-electron chi connectivity index (χ1n) is 6.13. The number of aromatic nitrogens is 3. The van der Waals surface area contributed by atoms with Crippen LogP contribution in [0.1, 0.15) is 5.56 Å². The Morgan fingerprint density at radius 2 is 2.10 bits per heavy atom. The van der Waals surface area contributed by atoms with Crippen LogP contribution in [0.15, 0.2) is 53.5 Å². The molecule has 0 fully saturated rings. The number of nitriles is 1. The van der Waals surface area contributed by atoms with E-state index in [9.17, 15) is 0 Å². The molecule has 5 nitrogen and oxygen atoms in total. The van der Waals surface area contributed by atoms with Crippen molar-refractivity contribution in [3.63, 3.8) is 0 Å². The van der Waals surface area contributed by atoms with Crippen LogP contribution >= 0.6 is 15.9 Å². The zero-order chi connectivity index (χ0) is 14.8. The molecule has 1 aromatic carbocycles. The zero-order valence-corrected chi connectivity index (χ0v) is 12.4. The molecule has 0 radical (unpaired) electrons. The third-order valence-electron chi connectivity index (χ3n) is 3.05. The Morgan fingerprint density at radius 1 is 1.24 bits per heavy atom. The molecule has 0 aliphatic heterocycles. The third-order valence-corrected chi connectivity index (χ3v) is 3.69. The van der Waals surface area contributed by atoms with Gasteiger partial charge in [0.15, 0.2) is 0 Å². The molecular formula is C15H10BrN5. The van der Waals surface area contributed by atoms with Gasteiger partial charge in [-0.25, -0.2) is 9.97 Å². The van der Waals surface area contributed by atoms with E-state index in [-0.39, 0.29) is 0 Å². The first-order valence-corrected chi connectivity index (χ1v) is 6.92. The minimum Gasteiger partial charge on any atom is -0.384 e. The summed E-state index contributed by atoms with van der Waals surface area (Å²) in [6, 6.07) is 11.2. The van der Waals surface area contributed by atoms with E-state index in [1.165, 1.54) is 0 Å². The summed E-state index contributed by atoms with van der Waals surface area (Å²) in [5.74, 6) is 0.458. The maximum absolute atomic E-state index is 8.94. The number of hydrogen-bond acceptors (Lipinski definition) is 4. The van der Waals surface area contributed by atoms with Crippen LogP contribution in [-0.2, 0) is 0 Å². The Labute approximate surface area is 129 Å². The minimum atomic E-state index is 0.458. The summed E-state index contributed by atoms with van der Waals surface area (Å²) >= 11 is 3.49. The van der Waals surface area contributed by atoms with Crippen LogP contribution in [0.25, 0.3) is 16.9 Å². The van der Waals surface area contributed by atoms with Crippen molar-refractivity contribution in [1.29, 1.82) is 5.26 Å². The summed E-state index contributed by atoms with van der Waals surface area (Å²) in [6.07, 6.45) is 5.15. The average Bonchev–Trinajstić information content (AvgIpc) is 2.96. The number of halogens is 1. The first-order chi connectivity index (χ1) is 10.2. The van der Waals surface area contributed by atoms with Gasteiger partial charge in [0, 0.05) is 16.2 Å². The molecule has 0 saturated carbocycles. The molecule has 0 amide bonds. The minimum absolute atomic E-state index is 0.458. The van der Waals surface area contributed by atoms with E-state index in [2.05, 4.69) is 32.0 Å². The number of anilines is 1. The molecule has 0 saturated heterocycles. The molecule has 0 aliphatic rings. The largest absolute Gasteiger partial charge is 0.384 e. The van der Waals surface area contributed by atoms with Gasteiger partial charge in [-0.3, -0.25) is 4.57 Å². The van der Waals surface area contributed by atoms with Crippen LogP contribution in [0.3, 0.4) is 0 Å². The van der Waals surface area contributed by atoms with Gasteiger partial charge in [0.25, 0.3) is 0 Å². The highest BCUT2D eigenvalue weighted by Gasteiger charge is 2.10. The number of nitrogens with zero attached hydrogens (tertiary/aromatic N) is 4. The molecule has 0 unspecified atom stereocenters. The SMILES string of the molecule is N#Cc1ccc(-n2cncc2-c2ccnc(N)c2)c(Br)c1. The zero-order valence-electron chi connectivity index (χ0n) is 10.9. The predicted molar refractivity (Wildman–Crippen MR) is 83.6 cm³/mol. The van der Waals surface area contributed by atoms with E-state index in [1.807, 2.05) is 16.7 Å². The van der Waals surface area contributed by atoms with Crippen molar-refractivity contribution < 1.29 is 0 Å². The summed E-state index contributed by atoms with van der Waals surface area (Å²) in [7, 11) is 0. The van der Waals surface area contributed by atoms with Gasteiger partial charge in [0.2, 0.25) is 0 Å². The van der Waals surface area contributed by atoms with Crippen LogP contribution in [0, 0.1) is 11.3 Å². The molecule has 2 aromatic heterocycles. The van der Waals surface area contributed by atoms with Crippen molar-refractivity contribution in [3.8, 4) is 23.0 Å². The molecule has 21 heavy (non-hydrogen) atoms. The molecule has 2 N–H and O–H groups in total. The van der Waals surface area contributed by atoms with Crippen LogP contribution < -0.4 is 5.73 Å². The number of imidazole rings is 1. The normalized spacial score (nSPS) is 10.3.